The van der Waals surface area contributed by atoms with E-state index in [2.05, 4.69) is 34.4 Å². The van der Waals surface area contributed by atoms with Crippen molar-refractivity contribution < 1.29 is 0 Å². The van der Waals surface area contributed by atoms with Gasteiger partial charge in [0, 0.05) is 13.1 Å². The van der Waals surface area contributed by atoms with Gasteiger partial charge in [-0.25, -0.2) is 4.98 Å². The van der Waals surface area contributed by atoms with Gasteiger partial charge in [-0.05, 0) is 24.7 Å². The summed E-state index contributed by atoms with van der Waals surface area (Å²) in [5.41, 5.74) is 0.380. The Kier molecular flexibility index (Phi) is 4.86. The highest BCUT2D eigenvalue weighted by Crippen LogP contribution is 2.37. The molecule has 0 unspecified atom stereocenters. The second kappa shape index (κ2) is 6.42. The third-order valence-electron chi connectivity index (χ3n) is 3.77. The van der Waals surface area contributed by atoms with Crippen LogP contribution < -0.4 is 10.6 Å². The van der Waals surface area contributed by atoms with Crippen LogP contribution in [0.4, 0.5) is 11.8 Å². The minimum absolute atomic E-state index is 0.380. The summed E-state index contributed by atoms with van der Waals surface area (Å²) in [5.74, 6) is 1.38. The van der Waals surface area contributed by atoms with E-state index in [1.807, 2.05) is 0 Å². The molecule has 0 saturated heterocycles. The predicted molar refractivity (Wildman–Crippen MR) is 80.9 cm³/mol. The number of rotatable bonds is 6. The van der Waals surface area contributed by atoms with E-state index in [1.54, 1.807) is 6.20 Å². The van der Waals surface area contributed by atoms with Crippen molar-refractivity contribution in [3.05, 3.63) is 11.2 Å². The zero-order valence-corrected chi connectivity index (χ0v) is 12.6. The normalized spacial score (nSPS) is 17.4. The summed E-state index contributed by atoms with van der Waals surface area (Å²) in [5, 5.41) is 7.15. The molecule has 5 heteroatoms. The molecular weight excluding hydrogens is 260 g/mol. The van der Waals surface area contributed by atoms with Crippen molar-refractivity contribution in [2.75, 3.05) is 23.7 Å². The highest BCUT2D eigenvalue weighted by atomic mass is 35.5. The van der Waals surface area contributed by atoms with Crippen LogP contribution in [0, 0.1) is 5.41 Å². The Labute approximate surface area is 120 Å². The van der Waals surface area contributed by atoms with E-state index in [1.165, 1.54) is 25.7 Å². The van der Waals surface area contributed by atoms with E-state index >= 15 is 0 Å². The molecule has 0 amide bonds. The summed E-state index contributed by atoms with van der Waals surface area (Å²) in [7, 11) is 0. The maximum absolute atomic E-state index is 6.15. The quantitative estimate of drug-likeness (QED) is 0.830. The summed E-state index contributed by atoms with van der Waals surface area (Å²) in [6, 6.07) is 0. The first kappa shape index (κ1) is 14.4. The largest absolute Gasteiger partial charge is 0.368 e. The molecule has 1 saturated carbocycles. The molecule has 0 aliphatic heterocycles. The molecule has 1 heterocycles. The molecule has 0 bridgehead atoms. The lowest BCUT2D eigenvalue weighted by molar-refractivity contribution is 0.361. The molecule has 1 aliphatic carbocycles. The topological polar surface area (TPSA) is 49.8 Å². The summed E-state index contributed by atoms with van der Waals surface area (Å²) in [4.78, 5) is 8.62. The van der Waals surface area contributed by atoms with Crippen molar-refractivity contribution in [1.29, 1.82) is 0 Å². The molecule has 2 rings (SSSR count). The molecule has 2 N–H and O–H groups in total. The van der Waals surface area contributed by atoms with Crippen molar-refractivity contribution in [3.8, 4) is 0 Å². The zero-order chi connectivity index (χ0) is 13.7. The number of halogens is 1. The molecule has 0 atom stereocenters. The van der Waals surface area contributed by atoms with E-state index in [9.17, 15) is 0 Å². The van der Waals surface area contributed by atoms with Gasteiger partial charge in [0.05, 0.1) is 6.20 Å². The van der Waals surface area contributed by atoms with Gasteiger partial charge in [-0.2, -0.15) is 4.98 Å². The van der Waals surface area contributed by atoms with Crippen molar-refractivity contribution in [2.45, 2.75) is 46.0 Å². The lowest BCUT2D eigenvalue weighted by Crippen LogP contribution is -2.23. The lowest BCUT2D eigenvalue weighted by atomic mass is 9.89. The number of hydrogen-bond acceptors (Lipinski definition) is 4. The highest BCUT2D eigenvalue weighted by Gasteiger charge is 2.28. The molecule has 4 nitrogen and oxygen atoms in total. The molecule has 1 aromatic heterocycles. The van der Waals surface area contributed by atoms with Gasteiger partial charge in [-0.1, -0.05) is 38.3 Å². The first-order valence-electron chi connectivity index (χ1n) is 7.13. The van der Waals surface area contributed by atoms with Gasteiger partial charge >= 0.3 is 0 Å². The third-order valence-corrected chi connectivity index (χ3v) is 4.05. The van der Waals surface area contributed by atoms with E-state index < -0.39 is 0 Å². The van der Waals surface area contributed by atoms with Crippen molar-refractivity contribution in [2.24, 2.45) is 5.41 Å². The van der Waals surface area contributed by atoms with Gasteiger partial charge < -0.3 is 10.6 Å². The molecule has 1 aliphatic rings. The fraction of sp³-hybridized carbons (Fsp3) is 0.714. The fourth-order valence-electron chi connectivity index (χ4n) is 2.52. The summed E-state index contributed by atoms with van der Waals surface area (Å²) < 4.78 is 0. The maximum Gasteiger partial charge on any atom is 0.224 e. The van der Waals surface area contributed by atoms with Crippen LogP contribution in [0.3, 0.4) is 0 Å². The van der Waals surface area contributed by atoms with Gasteiger partial charge in [-0.3, -0.25) is 0 Å². The van der Waals surface area contributed by atoms with Gasteiger partial charge in [0.25, 0.3) is 0 Å². The van der Waals surface area contributed by atoms with Gasteiger partial charge in [0.1, 0.15) is 5.02 Å². The first-order valence-corrected chi connectivity index (χ1v) is 7.51. The highest BCUT2D eigenvalue weighted by molar-refractivity contribution is 6.32. The van der Waals surface area contributed by atoms with Crippen LogP contribution in [0.25, 0.3) is 0 Å². The molecule has 0 radical (unpaired) electrons. The Balaban J connectivity index is 1.98. The van der Waals surface area contributed by atoms with E-state index in [4.69, 9.17) is 11.6 Å². The second-order valence-corrected chi connectivity index (χ2v) is 6.10. The standard InChI is InChI=1S/C14H23ClN4/c1-3-8-16-13-17-9-11(15)12(19-13)18-10-14(2)6-4-5-7-14/h9H,3-8,10H2,1-2H3,(H2,16,17,18,19). The van der Waals surface area contributed by atoms with Gasteiger partial charge in [-0.15, -0.1) is 0 Å². The second-order valence-electron chi connectivity index (χ2n) is 5.69. The minimum atomic E-state index is 0.380. The van der Waals surface area contributed by atoms with E-state index in [0.717, 1.165) is 25.3 Å². The zero-order valence-electron chi connectivity index (χ0n) is 11.8. The average molecular weight is 283 g/mol. The number of nitrogens with zero attached hydrogens (tertiary/aromatic N) is 2. The molecule has 0 aromatic carbocycles. The molecular formula is C14H23ClN4. The molecule has 1 fully saturated rings. The minimum Gasteiger partial charge on any atom is -0.368 e. The first-order chi connectivity index (χ1) is 9.13. The SMILES string of the molecule is CCCNc1ncc(Cl)c(NCC2(C)CCCC2)n1. The lowest BCUT2D eigenvalue weighted by Gasteiger charge is -2.24. The summed E-state index contributed by atoms with van der Waals surface area (Å²) in [6.45, 7) is 6.25. The van der Waals surface area contributed by atoms with Gasteiger partial charge in [0.15, 0.2) is 5.82 Å². The number of anilines is 2. The summed E-state index contributed by atoms with van der Waals surface area (Å²) >= 11 is 6.15. The van der Waals surface area contributed by atoms with Crippen molar-refractivity contribution >= 4 is 23.4 Å². The number of hydrogen-bond donors (Lipinski definition) is 2. The fourth-order valence-corrected chi connectivity index (χ4v) is 2.67. The monoisotopic (exact) mass is 282 g/mol. The Hall–Kier alpha value is -1.03. The predicted octanol–water partition coefficient (Wildman–Crippen LogP) is 3.94. The molecule has 0 spiro atoms. The summed E-state index contributed by atoms with van der Waals surface area (Å²) in [6.07, 6.45) is 7.93. The number of aromatic nitrogens is 2. The van der Waals surface area contributed by atoms with Crippen molar-refractivity contribution in [1.82, 2.24) is 9.97 Å². The van der Waals surface area contributed by atoms with Crippen LogP contribution in [0.1, 0.15) is 46.0 Å². The smallest absolute Gasteiger partial charge is 0.224 e. The van der Waals surface area contributed by atoms with Crippen LogP contribution in [0.15, 0.2) is 6.20 Å². The Morgan fingerprint density at radius 1 is 1.32 bits per heavy atom. The molecule has 106 valence electrons. The Bertz CT molecular complexity index is 416. The van der Waals surface area contributed by atoms with Crippen LogP contribution in [0.5, 0.6) is 0 Å². The molecule has 19 heavy (non-hydrogen) atoms. The Morgan fingerprint density at radius 3 is 2.74 bits per heavy atom. The van der Waals surface area contributed by atoms with E-state index in [-0.39, 0.29) is 0 Å². The average Bonchev–Trinajstić information content (AvgIpc) is 2.84. The number of nitrogens with one attached hydrogen (secondary N) is 2. The van der Waals surface area contributed by atoms with Crippen LogP contribution in [-0.4, -0.2) is 23.1 Å². The van der Waals surface area contributed by atoms with Gasteiger partial charge in [0.2, 0.25) is 5.95 Å². The Morgan fingerprint density at radius 2 is 2.05 bits per heavy atom. The van der Waals surface area contributed by atoms with Crippen LogP contribution in [0.2, 0.25) is 5.02 Å². The maximum atomic E-state index is 6.15. The third kappa shape index (κ3) is 3.96. The van der Waals surface area contributed by atoms with Crippen LogP contribution >= 0.6 is 11.6 Å². The molecule has 1 aromatic rings. The van der Waals surface area contributed by atoms with E-state index in [0.29, 0.717) is 16.4 Å². The van der Waals surface area contributed by atoms with Crippen molar-refractivity contribution in [3.63, 3.8) is 0 Å². The van der Waals surface area contributed by atoms with Crippen LogP contribution in [-0.2, 0) is 0 Å².